The molecule has 1 saturated carbocycles. The van der Waals surface area contributed by atoms with E-state index in [-0.39, 0.29) is 35.6 Å². The van der Waals surface area contributed by atoms with E-state index in [4.69, 9.17) is 9.97 Å². The minimum atomic E-state index is -0.583. The monoisotopic (exact) mass is 634 g/mol. The van der Waals surface area contributed by atoms with Crippen molar-refractivity contribution < 1.29 is 9.59 Å². The molecule has 8 heteroatoms. The average Bonchev–Trinajstić information content (AvgIpc) is 3.39. The van der Waals surface area contributed by atoms with Crippen LogP contribution in [0.5, 0.6) is 0 Å². The van der Waals surface area contributed by atoms with Crippen LogP contribution in [-0.4, -0.2) is 52.4 Å². The Balaban J connectivity index is 1.15. The van der Waals surface area contributed by atoms with Crippen molar-refractivity contribution in [2.75, 3.05) is 24.3 Å². The second kappa shape index (κ2) is 13.5. The molecule has 1 atom stereocenters. The summed E-state index contributed by atoms with van der Waals surface area (Å²) in [7, 11) is 6.10. The van der Waals surface area contributed by atoms with E-state index in [1.165, 1.54) is 29.7 Å². The van der Waals surface area contributed by atoms with Gasteiger partial charge in [-0.15, -0.1) is 0 Å². The summed E-state index contributed by atoms with van der Waals surface area (Å²) in [4.78, 5) is 39.7. The highest BCUT2D eigenvalue weighted by Gasteiger charge is 2.31. The van der Waals surface area contributed by atoms with Gasteiger partial charge in [0.2, 0.25) is 11.9 Å². The summed E-state index contributed by atoms with van der Waals surface area (Å²) in [5, 5.41) is 8.00. The molecule has 47 heavy (non-hydrogen) atoms. The zero-order valence-corrected chi connectivity index (χ0v) is 28.9. The fourth-order valence-electron chi connectivity index (χ4n) is 7.33. The van der Waals surface area contributed by atoms with Gasteiger partial charge in [-0.1, -0.05) is 63.2 Å². The standard InChI is InChI=1S/C39H50N6O2/c1-39(2,3)26-17-15-25(16-18-26)35(46)23-31(32-24-45(6)34-14-10-8-11-29(32)34)37(47)40-27-19-21-28(22-20-27)41-38-42-33-13-9-7-12-30(33)36(43-38)44(4)5/h8,10-11,14-18,24,27-28,31H,7,9,12-13,19-23H2,1-6H3,(H,40,47)(H,41,42,43). The minimum absolute atomic E-state index is 0.00417. The van der Waals surface area contributed by atoms with E-state index in [9.17, 15) is 9.59 Å². The van der Waals surface area contributed by atoms with Gasteiger partial charge in [0, 0.05) is 67.9 Å². The van der Waals surface area contributed by atoms with Crippen molar-refractivity contribution in [2.24, 2.45) is 7.05 Å². The first-order valence-corrected chi connectivity index (χ1v) is 17.3. The van der Waals surface area contributed by atoms with Crippen molar-refractivity contribution in [1.29, 1.82) is 0 Å². The zero-order chi connectivity index (χ0) is 33.3. The van der Waals surface area contributed by atoms with Crippen LogP contribution in [0.3, 0.4) is 0 Å². The van der Waals surface area contributed by atoms with Crippen molar-refractivity contribution in [2.45, 2.75) is 102 Å². The van der Waals surface area contributed by atoms with Crippen LogP contribution in [0.4, 0.5) is 11.8 Å². The summed E-state index contributed by atoms with van der Waals surface area (Å²) >= 11 is 0. The predicted octanol–water partition coefficient (Wildman–Crippen LogP) is 7.11. The van der Waals surface area contributed by atoms with Gasteiger partial charge >= 0.3 is 0 Å². The van der Waals surface area contributed by atoms with Crippen LogP contribution >= 0.6 is 0 Å². The van der Waals surface area contributed by atoms with Crippen LogP contribution in [0.1, 0.15) is 104 Å². The topological polar surface area (TPSA) is 92.2 Å². The number of hydrogen-bond acceptors (Lipinski definition) is 6. The molecule has 248 valence electrons. The molecule has 0 spiro atoms. The van der Waals surface area contributed by atoms with Gasteiger partial charge in [0.15, 0.2) is 5.78 Å². The highest BCUT2D eigenvalue weighted by atomic mass is 16.2. The van der Waals surface area contributed by atoms with Gasteiger partial charge in [0.1, 0.15) is 5.82 Å². The number of rotatable bonds is 9. The van der Waals surface area contributed by atoms with Crippen LogP contribution in [0, 0.1) is 0 Å². The highest BCUT2D eigenvalue weighted by Crippen LogP contribution is 2.33. The summed E-state index contributed by atoms with van der Waals surface area (Å²) < 4.78 is 2.05. The summed E-state index contributed by atoms with van der Waals surface area (Å²) in [6.45, 7) is 6.49. The Hall–Kier alpha value is -4.20. The summed E-state index contributed by atoms with van der Waals surface area (Å²) in [5.41, 5.74) is 6.25. The third kappa shape index (κ3) is 7.21. The van der Waals surface area contributed by atoms with Crippen molar-refractivity contribution in [3.05, 3.63) is 82.7 Å². The average molecular weight is 635 g/mol. The Morgan fingerprint density at radius 3 is 2.32 bits per heavy atom. The lowest BCUT2D eigenvalue weighted by molar-refractivity contribution is -0.123. The molecule has 6 rings (SSSR count). The first-order valence-electron chi connectivity index (χ1n) is 17.3. The molecule has 2 heterocycles. The Bertz CT molecular complexity index is 1740. The number of amides is 1. The predicted molar refractivity (Wildman–Crippen MR) is 191 cm³/mol. The number of carbonyl (C=O) groups is 2. The van der Waals surface area contributed by atoms with E-state index in [1.54, 1.807) is 0 Å². The number of ketones is 1. The Kier molecular flexibility index (Phi) is 9.40. The number of carbonyl (C=O) groups excluding carboxylic acids is 2. The number of fused-ring (bicyclic) bond motifs is 2. The number of benzene rings is 2. The Morgan fingerprint density at radius 2 is 1.62 bits per heavy atom. The molecule has 1 unspecified atom stereocenters. The lowest BCUT2D eigenvalue weighted by Gasteiger charge is -2.31. The van der Waals surface area contributed by atoms with Crippen molar-refractivity contribution in [1.82, 2.24) is 19.9 Å². The zero-order valence-electron chi connectivity index (χ0n) is 28.9. The van der Waals surface area contributed by atoms with E-state index in [2.05, 4.69) is 67.1 Å². The Morgan fingerprint density at radius 1 is 0.936 bits per heavy atom. The summed E-state index contributed by atoms with van der Waals surface area (Å²) in [5.74, 6) is 1.06. The van der Waals surface area contributed by atoms with Crippen molar-refractivity contribution in [3.8, 4) is 0 Å². The van der Waals surface area contributed by atoms with Crippen LogP contribution in [-0.2, 0) is 30.1 Å². The van der Waals surface area contributed by atoms with Crippen molar-refractivity contribution >= 4 is 34.4 Å². The van der Waals surface area contributed by atoms with E-state index in [0.717, 1.165) is 60.8 Å². The quantitative estimate of drug-likeness (QED) is 0.191. The molecule has 2 N–H and O–H groups in total. The summed E-state index contributed by atoms with van der Waals surface area (Å²) in [6.07, 6.45) is 10.1. The number of aryl methyl sites for hydroxylation is 2. The highest BCUT2D eigenvalue weighted by molar-refractivity contribution is 6.02. The van der Waals surface area contributed by atoms with E-state index in [1.807, 2.05) is 49.6 Å². The molecular formula is C39H50N6O2. The van der Waals surface area contributed by atoms with E-state index >= 15 is 0 Å². The van der Waals surface area contributed by atoms with Gasteiger partial charge in [-0.05, 0) is 74.0 Å². The third-order valence-corrected chi connectivity index (χ3v) is 10.1. The molecule has 2 aromatic heterocycles. The van der Waals surface area contributed by atoms with Gasteiger partial charge in [0.05, 0.1) is 11.6 Å². The van der Waals surface area contributed by atoms with Gasteiger partial charge in [0.25, 0.3) is 0 Å². The fraction of sp³-hybridized carbons (Fsp3) is 0.487. The minimum Gasteiger partial charge on any atom is -0.362 e. The maximum absolute atomic E-state index is 14.1. The first kappa shape index (κ1) is 32.7. The molecule has 1 fully saturated rings. The number of nitrogens with zero attached hydrogens (tertiary/aromatic N) is 4. The molecule has 0 aliphatic heterocycles. The second-order valence-corrected chi connectivity index (χ2v) is 14.8. The first-order chi connectivity index (χ1) is 22.5. The number of hydrogen-bond donors (Lipinski definition) is 2. The normalized spacial score (nSPS) is 18.8. The molecular weight excluding hydrogens is 584 g/mol. The molecule has 2 aromatic carbocycles. The third-order valence-electron chi connectivity index (χ3n) is 10.1. The van der Waals surface area contributed by atoms with Gasteiger partial charge in [-0.2, -0.15) is 4.98 Å². The van der Waals surface area contributed by atoms with Crippen LogP contribution in [0.25, 0.3) is 10.9 Å². The lowest BCUT2D eigenvalue weighted by Crippen LogP contribution is -2.42. The summed E-state index contributed by atoms with van der Waals surface area (Å²) in [6, 6.07) is 16.3. The Labute approximate surface area is 279 Å². The van der Waals surface area contributed by atoms with Gasteiger partial charge in [-0.25, -0.2) is 4.98 Å². The number of Topliss-reactive ketones (excluding diaryl/α,β-unsaturated/α-hetero) is 1. The van der Waals surface area contributed by atoms with E-state index in [0.29, 0.717) is 11.5 Å². The number of nitrogens with one attached hydrogen (secondary N) is 2. The number of aromatic nitrogens is 3. The van der Waals surface area contributed by atoms with Crippen LogP contribution in [0.15, 0.2) is 54.7 Å². The molecule has 0 radical (unpaired) electrons. The van der Waals surface area contributed by atoms with Gasteiger partial charge in [-0.3, -0.25) is 9.59 Å². The van der Waals surface area contributed by atoms with Crippen LogP contribution in [0.2, 0.25) is 0 Å². The molecule has 1 amide bonds. The lowest BCUT2D eigenvalue weighted by atomic mass is 9.85. The number of para-hydroxylation sites is 1. The maximum Gasteiger partial charge on any atom is 0.228 e. The molecule has 8 nitrogen and oxygen atoms in total. The van der Waals surface area contributed by atoms with E-state index < -0.39 is 5.92 Å². The number of anilines is 2. The smallest absolute Gasteiger partial charge is 0.228 e. The SMILES string of the molecule is CN(C)c1nc(NC2CCC(NC(=O)C(CC(=O)c3ccc(C(C)(C)C)cc3)c3cn(C)c4ccccc34)CC2)nc2c1CCCC2. The maximum atomic E-state index is 14.1. The largest absolute Gasteiger partial charge is 0.362 e. The van der Waals surface area contributed by atoms with Crippen LogP contribution < -0.4 is 15.5 Å². The molecule has 2 aliphatic carbocycles. The molecule has 2 aliphatic rings. The molecule has 0 saturated heterocycles. The molecule has 4 aromatic rings. The van der Waals surface area contributed by atoms with Gasteiger partial charge < -0.3 is 20.1 Å². The molecule has 0 bridgehead atoms. The fourth-order valence-corrected chi connectivity index (χ4v) is 7.33. The second-order valence-electron chi connectivity index (χ2n) is 14.8. The van der Waals surface area contributed by atoms with Crippen molar-refractivity contribution in [3.63, 3.8) is 0 Å².